The Hall–Kier alpha value is -2.28. The Kier molecular flexibility index (Phi) is 2.14. The van der Waals surface area contributed by atoms with Crippen LogP contribution in [0.2, 0.25) is 0 Å². The van der Waals surface area contributed by atoms with Gasteiger partial charge in [0.2, 0.25) is 5.52 Å². The molecule has 0 spiro atoms. The van der Waals surface area contributed by atoms with Crippen LogP contribution < -0.4 is 9.47 Å². The molecule has 0 fully saturated rings. The molecule has 0 radical (unpaired) electrons. The van der Waals surface area contributed by atoms with E-state index in [1.54, 1.807) is 31.4 Å². The molecule has 74 valence electrons. The van der Waals surface area contributed by atoms with Gasteiger partial charge < -0.3 is 9.94 Å². The van der Waals surface area contributed by atoms with Gasteiger partial charge in [0.15, 0.2) is 6.07 Å². The maximum atomic E-state index is 11.6. The number of pyridine rings is 1. The highest BCUT2D eigenvalue weighted by Crippen LogP contribution is 2.18. The number of aromatic nitrogens is 1. The first-order valence-electron chi connectivity index (χ1n) is 4.36. The van der Waals surface area contributed by atoms with E-state index in [0.717, 1.165) is 5.39 Å². The Morgan fingerprint density at radius 3 is 2.80 bits per heavy atom. The van der Waals surface area contributed by atoms with E-state index in [9.17, 15) is 5.21 Å². The van der Waals surface area contributed by atoms with Crippen molar-refractivity contribution in [3.8, 4) is 11.8 Å². The molecule has 0 aliphatic heterocycles. The molecule has 0 N–H and O–H groups in total. The fraction of sp³-hybridized carbons (Fsp3) is 0.0909. The number of nitrogens with zero attached hydrogens (tertiary/aromatic N) is 2. The van der Waals surface area contributed by atoms with Gasteiger partial charge in [-0.2, -0.15) is 9.99 Å². The molecule has 1 aromatic carbocycles. The summed E-state index contributed by atoms with van der Waals surface area (Å²) in [6.45, 7) is 0. The van der Waals surface area contributed by atoms with Gasteiger partial charge in [0.25, 0.3) is 5.69 Å². The van der Waals surface area contributed by atoms with E-state index in [4.69, 9.17) is 10.00 Å². The summed E-state index contributed by atoms with van der Waals surface area (Å²) in [5.74, 6) is 0.687. The van der Waals surface area contributed by atoms with Crippen LogP contribution in [0.4, 0.5) is 0 Å². The zero-order valence-corrected chi connectivity index (χ0v) is 8.10. The van der Waals surface area contributed by atoms with Crippen LogP contribution in [-0.2, 0) is 0 Å². The normalized spacial score (nSPS) is 9.87. The minimum atomic E-state index is 0.0904. The number of benzene rings is 1. The van der Waals surface area contributed by atoms with Gasteiger partial charge in [-0.1, -0.05) is 0 Å². The summed E-state index contributed by atoms with van der Waals surface area (Å²) >= 11 is 0. The lowest BCUT2D eigenvalue weighted by Crippen LogP contribution is -2.31. The molecule has 2 rings (SSSR count). The van der Waals surface area contributed by atoms with E-state index >= 15 is 0 Å². The SMILES string of the molecule is COc1ccc2c(ccc(C#N)[n+]2[O-])c1. The van der Waals surface area contributed by atoms with Crippen molar-refractivity contribution in [3.05, 3.63) is 41.2 Å². The molecule has 0 saturated carbocycles. The molecule has 4 heteroatoms. The molecule has 0 unspecified atom stereocenters. The fourth-order valence-electron chi connectivity index (χ4n) is 1.43. The van der Waals surface area contributed by atoms with E-state index in [0.29, 0.717) is 16.0 Å². The number of nitriles is 1. The average Bonchev–Trinajstić information content (AvgIpc) is 2.29. The summed E-state index contributed by atoms with van der Waals surface area (Å²) in [5, 5.41) is 21.0. The van der Waals surface area contributed by atoms with Crippen molar-refractivity contribution in [1.29, 1.82) is 5.26 Å². The second-order valence-corrected chi connectivity index (χ2v) is 3.05. The Balaban J connectivity index is 2.75. The summed E-state index contributed by atoms with van der Waals surface area (Å²) in [5.41, 5.74) is 0.558. The van der Waals surface area contributed by atoms with E-state index in [1.165, 1.54) is 6.07 Å². The van der Waals surface area contributed by atoms with Gasteiger partial charge in [0, 0.05) is 12.1 Å². The number of methoxy groups -OCH3 is 1. The Bertz CT molecular complexity index is 558. The Labute approximate surface area is 86.5 Å². The smallest absolute Gasteiger partial charge is 0.295 e. The molecule has 15 heavy (non-hydrogen) atoms. The van der Waals surface area contributed by atoms with Crippen LogP contribution in [0.5, 0.6) is 5.75 Å². The first-order chi connectivity index (χ1) is 7.26. The highest BCUT2D eigenvalue weighted by molar-refractivity contribution is 5.77. The molecule has 1 heterocycles. The van der Waals surface area contributed by atoms with Crippen molar-refractivity contribution in [2.45, 2.75) is 0 Å². The zero-order valence-electron chi connectivity index (χ0n) is 8.10. The topological polar surface area (TPSA) is 60.0 Å². The van der Waals surface area contributed by atoms with Crippen LogP contribution in [0.1, 0.15) is 5.69 Å². The largest absolute Gasteiger partial charge is 0.617 e. The van der Waals surface area contributed by atoms with Gasteiger partial charge in [-0.05, 0) is 18.2 Å². The molecule has 0 aliphatic rings. The summed E-state index contributed by atoms with van der Waals surface area (Å²) in [6.07, 6.45) is 0. The number of fused-ring (bicyclic) bond motifs is 1. The van der Waals surface area contributed by atoms with Crippen LogP contribution in [0, 0.1) is 16.5 Å². The van der Waals surface area contributed by atoms with Gasteiger partial charge in [0.05, 0.1) is 12.5 Å². The predicted molar refractivity (Wildman–Crippen MR) is 54.2 cm³/mol. The van der Waals surface area contributed by atoms with E-state index in [2.05, 4.69) is 0 Å². The van der Waals surface area contributed by atoms with Crippen molar-refractivity contribution in [2.75, 3.05) is 7.11 Å². The Morgan fingerprint density at radius 1 is 1.33 bits per heavy atom. The van der Waals surface area contributed by atoms with E-state index in [-0.39, 0.29) is 5.69 Å². The Morgan fingerprint density at radius 2 is 2.13 bits per heavy atom. The van der Waals surface area contributed by atoms with Crippen molar-refractivity contribution < 1.29 is 9.47 Å². The molecule has 0 saturated heterocycles. The zero-order chi connectivity index (χ0) is 10.8. The molecule has 2 aromatic rings. The van der Waals surface area contributed by atoms with Gasteiger partial charge in [0.1, 0.15) is 5.75 Å². The molecule has 0 aliphatic carbocycles. The third-order valence-corrected chi connectivity index (χ3v) is 2.21. The monoisotopic (exact) mass is 200 g/mol. The lowest BCUT2D eigenvalue weighted by Gasteiger charge is -2.04. The van der Waals surface area contributed by atoms with Crippen LogP contribution in [0.25, 0.3) is 10.9 Å². The number of ether oxygens (including phenoxy) is 1. The first-order valence-corrected chi connectivity index (χ1v) is 4.36. The first kappa shape index (κ1) is 9.28. The maximum Gasteiger partial charge on any atom is 0.295 e. The average molecular weight is 200 g/mol. The van der Waals surface area contributed by atoms with Gasteiger partial charge in [-0.15, -0.1) is 0 Å². The molecular weight excluding hydrogens is 192 g/mol. The summed E-state index contributed by atoms with van der Waals surface area (Å²) in [6, 6.07) is 10.1. The van der Waals surface area contributed by atoms with Gasteiger partial charge in [-0.3, -0.25) is 0 Å². The van der Waals surface area contributed by atoms with Gasteiger partial charge >= 0.3 is 0 Å². The third kappa shape index (κ3) is 1.44. The van der Waals surface area contributed by atoms with Crippen LogP contribution in [-0.4, -0.2) is 7.11 Å². The molecule has 1 aromatic heterocycles. The summed E-state index contributed by atoms with van der Waals surface area (Å²) in [4.78, 5) is 0. The molecule has 0 amide bonds. The van der Waals surface area contributed by atoms with Crippen LogP contribution >= 0.6 is 0 Å². The van der Waals surface area contributed by atoms with Gasteiger partial charge in [-0.25, -0.2) is 0 Å². The highest BCUT2D eigenvalue weighted by Gasteiger charge is 2.09. The van der Waals surface area contributed by atoms with Crippen LogP contribution in [0.15, 0.2) is 30.3 Å². The standard InChI is InChI=1S/C11H8N2O2/c1-15-10-4-5-11-8(6-10)2-3-9(7-12)13(11)14/h2-6H,1H3. The van der Waals surface area contributed by atoms with Crippen molar-refractivity contribution in [1.82, 2.24) is 0 Å². The number of rotatable bonds is 1. The van der Waals surface area contributed by atoms with Crippen molar-refractivity contribution in [2.24, 2.45) is 0 Å². The molecule has 0 atom stereocenters. The molecular formula is C11H8N2O2. The van der Waals surface area contributed by atoms with Crippen LogP contribution in [0.3, 0.4) is 0 Å². The van der Waals surface area contributed by atoms with Crippen molar-refractivity contribution >= 4 is 10.9 Å². The second kappa shape index (κ2) is 3.46. The minimum Gasteiger partial charge on any atom is -0.617 e. The summed E-state index contributed by atoms with van der Waals surface area (Å²) < 4.78 is 5.66. The quantitative estimate of drug-likeness (QED) is 0.515. The number of hydrogen-bond acceptors (Lipinski definition) is 3. The summed E-state index contributed by atoms with van der Waals surface area (Å²) in [7, 11) is 1.57. The lowest BCUT2D eigenvalue weighted by atomic mass is 10.2. The molecule has 4 nitrogen and oxygen atoms in total. The highest BCUT2D eigenvalue weighted by atomic mass is 16.5. The maximum absolute atomic E-state index is 11.6. The van der Waals surface area contributed by atoms with Crippen molar-refractivity contribution in [3.63, 3.8) is 0 Å². The number of hydrogen-bond donors (Lipinski definition) is 0. The minimum absolute atomic E-state index is 0.0904. The fourth-order valence-corrected chi connectivity index (χ4v) is 1.43. The van der Waals surface area contributed by atoms with E-state index in [1.807, 2.05) is 6.07 Å². The third-order valence-electron chi connectivity index (χ3n) is 2.21. The molecule has 0 bridgehead atoms. The second-order valence-electron chi connectivity index (χ2n) is 3.05. The lowest BCUT2D eigenvalue weighted by molar-refractivity contribution is -0.580. The van der Waals surface area contributed by atoms with E-state index < -0.39 is 0 Å². The predicted octanol–water partition coefficient (Wildman–Crippen LogP) is 1.35.